The molecule has 0 bridgehead atoms. The van der Waals surface area contributed by atoms with Gasteiger partial charge in [0.15, 0.2) is 0 Å². The number of hydrogen-bond donors (Lipinski definition) is 1. The second kappa shape index (κ2) is 10.7. The Bertz CT molecular complexity index is 1130. The number of piperidine rings is 1. The second-order valence-electron chi connectivity index (χ2n) is 10.7. The molecular weight excluding hydrogens is 436 g/mol. The molecule has 35 heavy (non-hydrogen) atoms. The predicted molar refractivity (Wildman–Crippen MR) is 139 cm³/mol. The molecule has 0 aliphatic carbocycles. The van der Waals surface area contributed by atoms with E-state index in [0.717, 1.165) is 31.4 Å². The molecule has 1 aromatic heterocycles. The molecule has 1 fully saturated rings. The number of aryl methyl sites for hydroxylation is 1. The fraction of sp³-hybridized carbons (Fsp3) is 0.483. The monoisotopic (exact) mass is 474 g/mol. The van der Waals surface area contributed by atoms with Gasteiger partial charge in [-0.05, 0) is 54.8 Å². The van der Waals surface area contributed by atoms with Gasteiger partial charge in [0.1, 0.15) is 0 Å². The van der Waals surface area contributed by atoms with Crippen LogP contribution in [0, 0.1) is 12.8 Å². The molecule has 1 saturated heterocycles. The summed E-state index contributed by atoms with van der Waals surface area (Å²) in [5, 5.41) is 7.50. The van der Waals surface area contributed by atoms with E-state index in [1.807, 2.05) is 12.1 Å². The summed E-state index contributed by atoms with van der Waals surface area (Å²) in [6, 6.07) is 16.7. The van der Waals surface area contributed by atoms with Crippen molar-refractivity contribution in [2.75, 3.05) is 13.1 Å². The van der Waals surface area contributed by atoms with Gasteiger partial charge in [-0.2, -0.15) is 4.98 Å². The average molecular weight is 475 g/mol. The Morgan fingerprint density at radius 1 is 1.17 bits per heavy atom. The van der Waals surface area contributed by atoms with Crippen LogP contribution in [0.5, 0.6) is 0 Å². The lowest BCUT2D eigenvalue weighted by atomic mass is 9.87. The van der Waals surface area contributed by atoms with Crippen LogP contribution in [-0.2, 0) is 16.8 Å². The molecule has 1 amide bonds. The summed E-state index contributed by atoms with van der Waals surface area (Å²) in [6.07, 6.45) is 2.75. The highest BCUT2D eigenvalue weighted by Gasteiger charge is 2.28. The maximum atomic E-state index is 13.1. The van der Waals surface area contributed by atoms with E-state index in [0.29, 0.717) is 24.8 Å². The van der Waals surface area contributed by atoms with Crippen molar-refractivity contribution in [1.82, 2.24) is 20.4 Å². The van der Waals surface area contributed by atoms with Crippen molar-refractivity contribution < 1.29 is 9.32 Å². The van der Waals surface area contributed by atoms with Crippen LogP contribution in [0.25, 0.3) is 11.4 Å². The minimum absolute atomic E-state index is 0.0332. The van der Waals surface area contributed by atoms with Crippen molar-refractivity contribution in [2.24, 2.45) is 5.92 Å². The normalized spacial score (nSPS) is 17.8. The smallest absolute Gasteiger partial charge is 0.241 e. The van der Waals surface area contributed by atoms with Crippen LogP contribution in [-0.4, -0.2) is 34.0 Å². The Labute approximate surface area is 209 Å². The fourth-order valence-corrected chi connectivity index (χ4v) is 4.83. The summed E-state index contributed by atoms with van der Waals surface area (Å²) < 4.78 is 5.56. The highest BCUT2D eigenvalue weighted by Crippen LogP contribution is 2.26. The van der Waals surface area contributed by atoms with E-state index in [2.05, 4.69) is 91.4 Å². The third kappa shape index (κ3) is 6.17. The van der Waals surface area contributed by atoms with Crippen LogP contribution in [0.2, 0.25) is 0 Å². The Hall–Kier alpha value is -2.99. The molecule has 0 spiro atoms. The van der Waals surface area contributed by atoms with Crippen molar-refractivity contribution >= 4 is 5.91 Å². The van der Waals surface area contributed by atoms with Crippen molar-refractivity contribution in [2.45, 2.75) is 71.9 Å². The summed E-state index contributed by atoms with van der Waals surface area (Å²) in [5.74, 6) is 1.30. The second-order valence-corrected chi connectivity index (χ2v) is 10.7. The number of amides is 1. The summed E-state index contributed by atoms with van der Waals surface area (Å²) in [7, 11) is 0. The summed E-state index contributed by atoms with van der Waals surface area (Å²) in [5.41, 5.74) is 4.74. The maximum Gasteiger partial charge on any atom is 0.241 e. The number of nitrogens with zero attached hydrogens (tertiary/aromatic N) is 3. The van der Waals surface area contributed by atoms with Gasteiger partial charge in [-0.3, -0.25) is 9.69 Å². The molecule has 1 aliphatic rings. The van der Waals surface area contributed by atoms with Crippen LogP contribution < -0.4 is 5.32 Å². The van der Waals surface area contributed by atoms with Gasteiger partial charge < -0.3 is 9.84 Å². The topological polar surface area (TPSA) is 71.3 Å². The van der Waals surface area contributed by atoms with Crippen LogP contribution in [0.4, 0.5) is 0 Å². The fourth-order valence-electron chi connectivity index (χ4n) is 4.83. The first-order chi connectivity index (χ1) is 16.7. The Morgan fingerprint density at radius 2 is 1.91 bits per heavy atom. The van der Waals surface area contributed by atoms with Gasteiger partial charge in [0.05, 0.1) is 18.5 Å². The molecule has 1 N–H and O–H groups in total. The lowest BCUT2D eigenvalue weighted by molar-refractivity contribution is -0.127. The number of rotatable bonds is 7. The highest BCUT2D eigenvalue weighted by molar-refractivity contribution is 5.79. The summed E-state index contributed by atoms with van der Waals surface area (Å²) in [6.45, 7) is 13.0. The van der Waals surface area contributed by atoms with E-state index in [9.17, 15) is 4.79 Å². The first-order valence-corrected chi connectivity index (χ1v) is 12.8. The van der Waals surface area contributed by atoms with Gasteiger partial charge in [0.25, 0.3) is 0 Å². The van der Waals surface area contributed by atoms with E-state index in [1.54, 1.807) is 0 Å². The van der Waals surface area contributed by atoms with E-state index >= 15 is 0 Å². The van der Waals surface area contributed by atoms with Crippen molar-refractivity contribution in [1.29, 1.82) is 0 Å². The van der Waals surface area contributed by atoms with Gasteiger partial charge in [-0.25, -0.2) is 0 Å². The number of benzene rings is 2. The minimum Gasteiger partial charge on any atom is -0.349 e. The quantitative estimate of drug-likeness (QED) is 0.467. The SMILES string of the molecule is CCC(NC(=O)C1CCCN(Cc2nc(-c3ccc(C(C)(C)C)cc3)no2)C1)c1ccccc1C. The van der Waals surface area contributed by atoms with E-state index in [4.69, 9.17) is 4.52 Å². The number of nitrogens with one attached hydrogen (secondary N) is 1. The zero-order chi connectivity index (χ0) is 25.0. The lowest BCUT2D eigenvalue weighted by Gasteiger charge is -2.32. The molecule has 0 saturated carbocycles. The van der Waals surface area contributed by atoms with Gasteiger partial charge in [-0.15, -0.1) is 0 Å². The molecular formula is C29H38N4O2. The van der Waals surface area contributed by atoms with Gasteiger partial charge in [-0.1, -0.05) is 81.4 Å². The average Bonchev–Trinajstić information content (AvgIpc) is 3.31. The van der Waals surface area contributed by atoms with Crippen LogP contribution in [0.3, 0.4) is 0 Å². The van der Waals surface area contributed by atoms with E-state index in [-0.39, 0.29) is 23.3 Å². The van der Waals surface area contributed by atoms with Crippen molar-refractivity contribution in [3.05, 3.63) is 71.1 Å². The molecule has 2 atom stereocenters. The third-order valence-electron chi connectivity index (χ3n) is 7.00. The molecule has 6 nitrogen and oxygen atoms in total. The van der Waals surface area contributed by atoms with Gasteiger partial charge in [0.2, 0.25) is 17.6 Å². The summed E-state index contributed by atoms with van der Waals surface area (Å²) >= 11 is 0. The molecule has 3 aromatic rings. The first-order valence-electron chi connectivity index (χ1n) is 12.8. The number of hydrogen-bond acceptors (Lipinski definition) is 5. The van der Waals surface area contributed by atoms with Crippen LogP contribution in [0.1, 0.15) is 75.6 Å². The molecule has 6 heteroatoms. The van der Waals surface area contributed by atoms with Gasteiger partial charge in [0, 0.05) is 12.1 Å². The molecule has 2 heterocycles. The largest absolute Gasteiger partial charge is 0.349 e. The van der Waals surface area contributed by atoms with Crippen molar-refractivity contribution in [3.8, 4) is 11.4 Å². The van der Waals surface area contributed by atoms with Crippen molar-refractivity contribution in [3.63, 3.8) is 0 Å². The maximum absolute atomic E-state index is 13.1. The Morgan fingerprint density at radius 3 is 2.60 bits per heavy atom. The molecule has 4 rings (SSSR count). The van der Waals surface area contributed by atoms with E-state index in [1.165, 1.54) is 16.7 Å². The number of likely N-dealkylation sites (tertiary alicyclic amines) is 1. The number of carbonyl (C=O) groups excluding carboxylic acids is 1. The summed E-state index contributed by atoms with van der Waals surface area (Å²) in [4.78, 5) is 20.0. The van der Waals surface area contributed by atoms with E-state index < -0.39 is 0 Å². The third-order valence-corrected chi connectivity index (χ3v) is 7.00. The molecule has 2 unspecified atom stereocenters. The number of carbonyl (C=O) groups is 1. The molecule has 2 aromatic carbocycles. The standard InChI is InChI=1S/C29H38N4O2/c1-6-25(24-12-8-7-10-20(24)2)30-28(34)22-11-9-17-33(18-22)19-26-31-27(32-35-26)21-13-15-23(16-14-21)29(3,4)5/h7-8,10,12-16,22,25H,6,9,11,17-19H2,1-5H3,(H,30,34). The minimum atomic E-state index is -0.0332. The lowest BCUT2D eigenvalue weighted by Crippen LogP contribution is -2.43. The molecule has 186 valence electrons. The van der Waals surface area contributed by atoms with Crippen LogP contribution in [0.15, 0.2) is 53.1 Å². The zero-order valence-corrected chi connectivity index (χ0v) is 21.7. The molecule has 1 aliphatic heterocycles. The Balaban J connectivity index is 1.36. The highest BCUT2D eigenvalue weighted by atomic mass is 16.5. The Kier molecular flexibility index (Phi) is 7.70. The van der Waals surface area contributed by atoms with Crippen LogP contribution >= 0.6 is 0 Å². The first kappa shape index (κ1) is 25.1. The molecule has 0 radical (unpaired) electrons. The van der Waals surface area contributed by atoms with Gasteiger partial charge >= 0.3 is 0 Å². The zero-order valence-electron chi connectivity index (χ0n) is 21.7. The number of aromatic nitrogens is 2. The predicted octanol–water partition coefficient (Wildman–Crippen LogP) is 5.82.